The predicted molar refractivity (Wildman–Crippen MR) is 106 cm³/mol. The van der Waals surface area contributed by atoms with Crippen LogP contribution in [0.4, 0.5) is 0 Å². The largest absolute Gasteiger partial charge is 0.385 e. The number of aliphatic imine (C=N–C) groups is 1. The van der Waals surface area contributed by atoms with Crippen LogP contribution in [-0.2, 0) is 18.3 Å². The predicted octanol–water partition coefficient (Wildman–Crippen LogP) is 2.84. The van der Waals surface area contributed by atoms with Crippen LogP contribution in [0.3, 0.4) is 0 Å². The van der Waals surface area contributed by atoms with E-state index in [0.717, 1.165) is 42.4 Å². The molecule has 0 atom stereocenters. The number of ether oxygens (including phenoxy) is 1. The molecule has 26 heavy (non-hydrogen) atoms. The van der Waals surface area contributed by atoms with Gasteiger partial charge in [-0.1, -0.05) is 25.0 Å². The van der Waals surface area contributed by atoms with E-state index in [2.05, 4.69) is 33.3 Å². The zero-order valence-corrected chi connectivity index (χ0v) is 16.2. The number of nitrogens with one attached hydrogen (secondary N) is 2. The number of aryl methyl sites for hydroxylation is 1. The number of hydrogen-bond acceptors (Lipinski definition) is 3. The molecule has 142 valence electrons. The maximum Gasteiger partial charge on any atom is 0.191 e. The molecule has 1 fully saturated rings. The van der Waals surface area contributed by atoms with Crippen LogP contribution in [0.15, 0.2) is 29.3 Å². The first-order chi connectivity index (χ1) is 12.7. The highest BCUT2D eigenvalue weighted by Gasteiger charge is 2.33. The highest BCUT2D eigenvalue weighted by Crippen LogP contribution is 2.40. The molecule has 0 spiro atoms. The van der Waals surface area contributed by atoms with Crippen LogP contribution in [-0.4, -0.2) is 42.8 Å². The fourth-order valence-electron chi connectivity index (χ4n) is 3.97. The molecule has 1 aromatic carbocycles. The molecule has 0 radical (unpaired) electrons. The Hall–Kier alpha value is -2.08. The van der Waals surface area contributed by atoms with E-state index in [9.17, 15) is 0 Å². The van der Waals surface area contributed by atoms with Crippen LogP contribution < -0.4 is 10.6 Å². The number of fused-ring (bicyclic) bond motifs is 1. The Labute approximate surface area is 156 Å². The maximum atomic E-state index is 5.32. The van der Waals surface area contributed by atoms with Crippen molar-refractivity contribution in [3.05, 3.63) is 30.1 Å². The van der Waals surface area contributed by atoms with Gasteiger partial charge in [0.2, 0.25) is 0 Å². The summed E-state index contributed by atoms with van der Waals surface area (Å²) in [5, 5.41) is 6.94. The molecule has 1 aliphatic rings. The van der Waals surface area contributed by atoms with Crippen LogP contribution >= 0.6 is 0 Å². The van der Waals surface area contributed by atoms with Crippen molar-refractivity contribution in [1.82, 2.24) is 20.2 Å². The Morgan fingerprint density at radius 2 is 2.04 bits per heavy atom. The lowest BCUT2D eigenvalue weighted by atomic mass is 9.83. The lowest BCUT2D eigenvalue weighted by Gasteiger charge is -2.29. The molecule has 6 heteroatoms. The molecule has 2 N–H and O–H groups in total. The second kappa shape index (κ2) is 8.54. The number of aromatic nitrogens is 2. The zero-order chi connectivity index (χ0) is 18.4. The topological polar surface area (TPSA) is 63.5 Å². The number of nitrogens with zero attached hydrogens (tertiary/aromatic N) is 3. The van der Waals surface area contributed by atoms with E-state index in [-0.39, 0.29) is 0 Å². The Kier molecular flexibility index (Phi) is 6.14. The van der Waals surface area contributed by atoms with Gasteiger partial charge < -0.3 is 19.9 Å². The number of imidazole rings is 1. The second-order valence-electron chi connectivity index (χ2n) is 7.30. The van der Waals surface area contributed by atoms with E-state index >= 15 is 0 Å². The number of para-hydroxylation sites is 2. The van der Waals surface area contributed by atoms with Crippen LogP contribution in [0.25, 0.3) is 11.0 Å². The average Bonchev–Trinajstić information content (AvgIpc) is 3.26. The van der Waals surface area contributed by atoms with Gasteiger partial charge in [0, 0.05) is 34.4 Å². The van der Waals surface area contributed by atoms with Gasteiger partial charge in [-0.2, -0.15) is 0 Å². The summed E-state index contributed by atoms with van der Waals surface area (Å²) in [6.45, 7) is 2.42. The van der Waals surface area contributed by atoms with E-state index in [4.69, 9.17) is 9.72 Å². The van der Waals surface area contributed by atoms with E-state index < -0.39 is 0 Å². The zero-order valence-electron chi connectivity index (χ0n) is 16.2. The number of guanidine groups is 1. The van der Waals surface area contributed by atoms with Crippen molar-refractivity contribution in [1.29, 1.82) is 0 Å². The second-order valence-corrected chi connectivity index (χ2v) is 7.30. The monoisotopic (exact) mass is 357 g/mol. The van der Waals surface area contributed by atoms with Gasteiger partial charge in [0.15, 0.2) is 5.96 Å². The standard InChI is InChI=1S/C20H31N5O/c1-21-19(23-15-20(12-13-26-3)10-6-7-11-20)22-14-18-24-16-8-4-5-9-17(16)25(18)2/h4-5,8-9H,6-7,10-15H2,1-3H3,(H2,21,22,23). The van der Waals surface area contributed by atoms with Gasteiger partial charge in [-0.15, -0.1) is 0 Å². The fraction of sp³-hybridized carbons (Fsp3) is 0.600. The van der Waals surface area contributed by atoms with Gasteiger partial charge in [-0.05, 0) is 36.8 Å². The molecule has 0 saturated heterocycles. The summed E-state index contributed by atoms with van der Waals surface area (Å²) in [5.41, 5.74) is 2.52. The van der Waals surface area contributed by atoms with E-state index in [1.54, 1.807) is 7.11 Å². The third-order valence-corrected chi connectivity index (χ3v) is 5.65. The molecule has 6 nitrogen and oxygen atoms in total. The molecule has 1 saturated carbocycles. The van der Waals surface area contributed by atoms with Crippen molar-refractivity contribution in [2.24, 2.45) is 17.5 Å². The molecular weight excluding hydrogens is 326 g/mol. The lowest BCUT2D eigenvalue weighted by Crippen LogP contribution is -2.43. The van der Waals surface area contributed by atoms with Gasteiger partial charge >= 0.3 is 0 Å². The van der Waals surface area contributed by atoms with Gasteiger partial charge in [-0.25, -0.2) is 4.98 Å². The van der Waals surface area contributed by atoms with E-state index in [1.807, 2.05) is 25.2 Å². The highest BCUT2D eigenvalue weighted by molar-refractivity contribution is 5.80. The summed E-state index contributed by atoms with van der Waals surface area (Å²) in [6, 6.07) is 8.21. The van der Waals surface area contributed by atoms with Crippen molar-refractivity contribution in [3.63, 3.8) is 0 Å². The van der Waals surface area contributed by atoms with E-state index in [0.29, 0.717) is 12.0 Å². The molecule has 1 aliphatic carbocycles. The van der Waals surface area contributed by atoms with Crippen molar-refractivity contribution < 1.29 is 4.74 Å². The third-order valence-electron chi connectivity index (χ3n) is 5.65. The molecule has 0 amide bonds. The Morgan fingerprint density at radius 1 is 1.27 bits per heavy atom. The molecule has 0 unspecified atom stereocenters. The smallest absolute Gasteiger partial charge is 0.191 e. The number of benzene rings is 1. The van der Waals surface area contributed by atoms with E-state index in [1.165, 1.54) is 25.7 Å². The summed E-state index contributed by atoms with van der Waals surface area (Å²) >= 11 is 0. The van der Waals surface area contributed by atoms with Crippen molar-refractivity contribution >= 4 is 17.0 Å². The van der Waals surface area contributed by atoms with Crippen LogP contribution in [0, 0.1) is 5.41 Å². The molecule has 3 rings (SSSR count). The van der Waals surface area contributed by atoms with Crippen LogP contribution in [0.5, 0.6) is 0 Å². The minimum Gasteiger partial charge on any atom is -0.385 e. The normalized spacial score (nSPS) is 17.0. The highest BCUT2D eigenvalue weighted by atomic mass is 16.5. The average molecular weight is 358 g/mol. The molecule has 0 aliphatic heterocycles. The molecule has 2 aromatic rings. The van der Waals surface area contributed by atoms with Crippen LogP contribution in [0.1, 0.15) is 37.9 Å². The third kappa shape index (κ3) is 4.18. The maximum absolute atomic E-state index is 5.32. The van der Waals surface area contributed by atoms with Crippen molar-refractivity contribution in [3.8, 4) is 0 Å². The fourth-order valence-corrected chi connectivity index (χ4v) is 3.97. The Morgan fingerprint density at radius 3 is 2.73 bits per heavy atom. The van der Waals surface area contributed by atoms with Gasteiger partial charge in [0.25, 0.3) is 0 Å². The summed E-state index contributed by atoms with van der Waals surface area (Å²) in [6.07, 6.45) is 6.28. The van der Waals surface area contributed by atoms with Gasteiger partial charge in [0.05, 0.1) is 17.6 Å². The van der Waals surface area contributed by atoms with Crippen LogP contribution in [0.2, 0.25) is 0 Å². The summed E-state index contributed by atoms with van der Waals surface area (Å²) in [4.78, 5) is 9.10. The lowest BCUT2D eigenvalue weighted by molar-refractivity contribution is 0.138. The summed E-state index contributed by atoms with van der Waals surface area (Å²) < 4.78 is 7.46. The van der Waals surface area contributed by atoms with Gasteiger partial charge in [0.1, 0.15) is 5.82 Å². The van der Waals surface area contributed by atoms with Crippen molar-refractivity contribution in [2.75, 3.05) is 27.3 Å². The minimum atomic E-state index is 0.339. The number of hydrogen-bond donors (Lipinski definition) is 2. The van der Waals surface area contributed by atoms with Crippen molar-refractivity contribution in [2.45, 2.75) is 38.6 Å². The Bertz CT molecular complexity index is 746. The van der Waals surface area contributed by atoms with Gasteiger partial charge in [-0.3, -0.25) is 4.99 Å². The first-order valence-electron chi connectivity index (χ1n) is 9.51. The molecule has 0 bridgehead atoms. The Balaban J connectivity index is 1.58. The summed E-state index contributed by atoms with van der Waals surface area (Å²) in [7, 11) is 5.66. The summed E-state index contributed by atoms with van der Waals surface area (Å²) in [5.74, 6) is 1.84. The number of rotatable bonds is 7. The number of methoxy groups -OCH3 is 1. The molecule has 1 aromatic heterocycles. The first-order valence-corrected chi connectivity index (χ1v) is 9.51. The molecular formula is C20H31N5O. The molecule has 1 heterocycles. The SMILES string of the molecule is CN=C(NCc1nc2ccccc2n1C)NCC1(CCOC)CCCC1. The first kappa shape index (κ1) is 18.7. The minimum absolute atomic E-state index is 0.339. The quantitative estimate of drug-likeness (QED) is 0.591.